The number of imide groups is 1. The molecule has 0 saturated carbocycles. The second kappa shape index (κ2) is 19.5. The van der Waals surface area contributed by atoms with Gasteiger partial charge in [0.1, 0.15) is 17.7 Å². The lowest BCUT2D eigenvalue weighted by Crippen LogP contribution is -2.49. The summed E-state index contributed by atoms with van der Waals surface area (Å²) in [5, 5.41) is 21.7. The third kappa shape index (κ3) is 14.4. The fourth-order valence-corrected chi connectivity index (χ4v) is 6.13. The molecule has 256 valence electrons. The van der Waals surface area contributed by atoms with Gasteiger partial charge in [-0.3, -0.25) is 34.6 Å². The molecule has 5 amide bonds. The molecule has 0 radical (unpaired) electrons. The Morgan fingerprint density at radius 3 is 2.30 bits per heavy atom. The fraction of sp³-hybridized carbons (Fsp3) is 0.484. The van der Waals surface area contributed by atoms with Crippen molar-refractivity contribution in [2.75, 3.05) is 12.3 Å². The van der Waals surface area contributed by atoms with E-state index in [1.54, 1.807) is 39.8 Å². The molecule has 2 rings (SSSR count). The number of nitrogens with zero attached hydrogens (tertiary/aromatic N) is 2. The van der Waals surface area contributed by atoms with Gasteiger partial charge in [-0.2, -0.15) is 0 Å². The van der Waals surface area contributed by atoms with Crippen LogP contribution >= 0.6 is 21.6 Å². The third-order valence-corrected chi connectivity index (χ3v) is 8.68. The number of benzene rings is 1. The van der Waals surface area contributed by atoms with Gasteiger partial charge in [-0.15, -0.1) is 0 Å². The lowest BCUT2D eigenvalue weighted by Gasteiger charge is -2.23. The molecule has 0 spiro atoms. The van der Waals surface area contributed by atoms with Gasteiger partial charge < -0.3 is 20.7 Å². The van der Waals surface area contributed by atoms with Crippen molar-refractivity contribution in [1.82, 2.24) is 26.3 Å². The zero-order valence-electron chi connectivity index (χ0n) is 27.1. The summed E-state index contributed by atoms with van der Waals surface area (Å²) in [6.45, 7) is 8.88. The highest BCUT2D eigenvalue weighted by molar-refractivity contribution is 8.76. The topological polar surface area (TPSA) is 199 Å². The number of rotatable bonds is 17. The Balaban J connectivity index is 1.95. The normalized spacial score (nSPS) is 12.3. The van der Waals surface area contributed by atoms with Gasteiger partial charge in [0.2, 0.25) is 17.7 Å². The number of unbranched alkanes of at least 4 members (excludes halogenated alkanes) is 1. The van der Waals surface area contributed by atoms with Gasteiger partial charge in [-0.25, -0.2) is 9.78 Å². The molecule has 47 heavy (non-hydrogen) atoms. The van der Waals surface area contributed by atoms with Gasteiger partial charge >= 0.3 is 11.8 Å². The SMILES string of the molecule is CCC(=O)NC(CCCCNC(=O)C(CSSc1ncccc1[N+](=O)[O-])NC(=O)OC(C)(C)C)C(=O)NC(=O)c1ccc(CC)cc1. The van der Waals surface area contributed by atoms with E-state index in [4.69, 9.17) is 4.74 Å². The third-order valence-electron chi connectivity index (χ3n) is 6.38. The molecule has 0 saturated heterocycles. The first-order chi connectivity index (χ1) is 22.2. The number of nitrogens with one attached hydrogen (secondary N) is 4. The van der Waals surface area contributed by atoms with E-state index < -0.39 is 46.4 Å². The zero-order valence-corrected chi connectivity index (χ0v) is 28.8. The Morgan fingerprint density at radius 1 is 0.979 bits per heavy atom. The van der Waals surface area contributed by atoms with E-state index in [2.05, 4.69) is 26.3 Å². The number of carbonyl (C=O) groups is 5. The average molecular weight is 691 g/mol. The predicted octanol–water partition coefficient (Wildman–Crippen LogP) is 4.32. The van der Waals surface area contributed by atoms with E-state index in [1.165, 1.54) is 18.3 Å². The van der Waals surface area contributed by atoms with Crippen molar-refractivity contribution in [3.8, 4) is 0 Å². The van der Waals surface area contributed by atoms with Gasteiger partial charge in [0.15, 0.2) is 5.03 Å². The van der Waals surface area contributed by atoms with Crippen LogP contribution in [0.25, 0.3) is 0 Å². The number of alkyl carbamates (subject to hydrolysis) is 1. The average Bonchev–Trinajstić information content (AvgIpc) is 3.02. The van der Waals surface area contributed by atoms with Crippen LogP contribution in [-0.2, 0) is 25.5 Å². The summed E-state index contributed by atoms with van der Waals surface area (Å²) in [6, 6.07) is 7.66. The van der Waals surface area contributed by atoms with Gasteiger partial charge in [-0.05, 0) is 81.0 Å². The Bertz CT molecular complexity index is 1400. The number of ether oxygens (including phenoxy) is 1. The minimum Gasteiger partial charge on any atom is -0.444 e. The van der Waals surface area contributed by atoms with Crippen molar-refractivity contribution in [3.05, 3.63) is 63.8 Å². The molecule has 0 aliphatic rings. The van der Waals surface area contributed by atoms with E-state index in [9.17, 15) is 34.1 Å². The Labute approximate surface area is 281 Å². The lowest BCUT2D eigenvalue weighted by atomic mass is 10.1. The van der Waals surface area contributed by atoms with Crippen molar-refractivity contribution < 1.29 is 33.6 Å². The summed E-state index contributed by atoms with van der Waals surface area (Å²) in [5.41, 5.74) is 0.391. The molecule has 0 fully saturated rings. The smallest absolute Gasteiger partial charge is 0.408 e. The predicted molar refractivity (Wildman–Crippen MR) is 180 cm³/mol. The Hall–Kier alpha value is -4.18. The van der Waals surface area contributed by atoms with Crippen LogP contribution in [0.15, 0.2) is 47.6 Å². The second-order valence-corrected chi connectivity index (χ2v) is 13.6. The van der Waals surface area contributed by atoms with Crippen LogP contribution in [0.3, 0.4) is 0 Å². The lowest BCUT2D eigenvalue weighted by molar-refractivity contribution is -0.388. The summed E-state index contributed by atoms with van der Waals surface area (Å²) in [5.74, 6) is -2.01. The highest BCUT2D eigenvalue weighted by Crippen LogP contribution is 2.35. The number of aryl methyl sites for hydroxylation is 1. The fourth-order valence-electron chi connectivity index (χ4n) is 3.91. The molecule has 0 aliphatic carbocycles. The van der Waals surface area contributed by atoms with Crippen molar-refractivity contribution >= 4 is 57.0 Å². The number of hydrogen-bond donors (Lipinski definition) is 4. The summed E-state index contributed by atoms with van der Waals surface area (Å²) in [6.07, 6.45) is 2.63. The molecule has 1 heterocycles. The number of pyridine rings is 1. The molecule has 0 aliphatic heterocycles. The number of nitro groups is 1. The van der Waals surface area contributed by atoms with Gasteiger partial charge in [-0.1, -0.05) is 36.8 Å². The maximum Gasteiger partial charge on any atom is 0.408 e. The highest BCUT2D eigenvalue weighted by Gasteiger charge is 2.26. The maximum atomic E-state index is 13.1. The van der Waals surface area contributed by atoms with Crippen molar-refractivity contribution in [3.63, 3.8) is 0 Å². The van der Waals surface area contributed by atoms with E-state index in [-0.39, 0.29) is 41.8 Å². The molecule has 16 heteroatoms. The van der Waals surface area contributed by atoms with Gasteiger partial charge in [0.05, 0.1) is 4.92 Å². The summed E-state index contributed by atoms with van der Waals surface area (Å²) in [4.78, 5) is 77.9. The molecule has 0 bridgehead atoms. The second-order valence-electron chi connectivity index (χ2n) is 11.3. The first kappa shape index (κ1) is 39.0. The monoisotopic (exact) mass is 690 g/mol. The first-order valence-electron chi connectivity index (χ1n) is 15.1. The molecule has 4 N–H and O–H groups in total. The minimum atomic E-state index is -1.04. The van der Waals surface area contributed by atoms with E-state index >= 15 is 0 Å². The van der Waals surface area contributed by atoms with Crippen LogP contribution in [-0.4, -0.2) is 69.6 Å². The van der Waals surface area contributed by atoms with Crippen molar-refractivity contribution in [2.45, 2.75) is 89.4 Å². The molecule has 2 unspecified atom stereocenters. The van der Waals surface area contributed by atoms with Crippen molar-refractivity contribution in [1.29, 1.82) is 0 Å². The number of aromatic nitrogens is 1. The number of hydrogen-bond acceptors (Lipinski definition) is 11. The number of amides is 5. The summed E-state index contributed by atoms with van der Waals surface area (Å²) >= 11 is 0. The highest BCUT2D eigenvalue weighted by atomic mass is 33.1. The van der Waals surface area contributed by atoms with Crippen molar-refractivity contribution in [2.24, 2.45) is 0 Å². The quantitative estimate of drug-likeness (QED) is 0.0798. The van der Waals surface area contributed by atoms with Crippen LogP contribution in [0, 0.1) is 10.1 Å². The minimum absolute atomic E-state index is 0.0456. The Morgan fingerprint density at radius 2 is 1.68 bits per heavy atom. The molecule has 2 atom stereocenters. The van der Waals surface area contributed by atoms with E-state index in [1.807, 2.05) is 19.1 Å². The van der Waals surface area contributed by atoms with Crippen LogP contribution in [0.4, 0.5) is 10.5 Å². The van der Waals surface area contributed by atoms with Crippen LogP contribution in [0.2, 0.25) is 0 Å². The molecule has 1 aromatic carbocycles. The van der Waals surface area contributed by atoms with E-state index in [0.29, 0.717) is 18.4 Å². The molecule has 1 aromatic heterocycles. The standard InChI is InChI=1S/C31H42N6O8S2/c1-6-20-13-15-21(16-14-20)26(39)36-28(41)22(34-25(38)7-2)11-8-9-17-32-27(40)23(35-30(42)45-31(3,4)5)19-46-47-29-24(37(43)44)12-10-18-33-29/h10,12-16,18,22-23H,6-9,11,17,19H2,1-5H3,(H,32,40)(H,34,38)(H,35,42)(H,36,39,41). The van der Waals surface area contributed by atoms with Crippen LogP contribution < -0.4 is 21.3 Å². The molecular formula is C31H42N6O8S2. The van der Waals surface area contributed by atoms with Crippen LogP contribution in [0.5, 0.6) is 0 Å². The van der Waals surface area contributed by atoms with E-state index in [0.717, 1.165) is 33.6 Å². The molecule has 2 aromatic rings. The zero-order chi connectivity index (χ0) is 35.0. The summed E-state index contributed by atoms with van der Waals surface area (Å²) in [7, 11) is 2.11. The molecular weight excluding hydrogens is 649 g/mol. The Kier molecular flexibility index (Phi) is 16.2. The number of carbonyl (C=O) groups excluding carboxylic acids is 5. The maximum absolute atomic E-state index is 13.1. The van der Waals surface area contributed by atoms with Gasteiger partial charge in [0, 0.05) is 36.5 Å². The summed E-state index contributed by atoms with van der Waals surface area (Å²) < 4.78 is 5.29. The van der Waals surface area contributed by atoms with Gasteiger partial charge in [0.25, 0.3) is 5.91 Å². The largest absolute Gasteiger partial charge is 0.444 e. The molecule has 14 nitrogen and oxygen atoms in total. The van der Waals surface area contributed by atoms with Crippen LogP contribution in [0.1, 0.15) is 76.2 Å². The first-order valence-corrected chi connectivity index (χ1v) is 17.5.